The van der Waals surface area contributed by atoms with E-state index in [1.54, 1.807) is 14.2 Å². The third-order valence-electron chi connectivity index (χ3n) is 4.56. The maximum absolute atomic E-state index is 12.4. The van der Waals surface area contributed by atoms with Crippen molar-refractivity contribution < 1.29 is 9.53 Å². The number of halogens is 1. The van der Waals surface area contributed by atoms with Gasteiger partial charge in [-0.25, -0.2) is 0 Å². The highest BCUT2D eigenvalue weighted by molar-refractivity contribution is 14.0. The predicted molar refractivity (Wildman–Crippen MR) is 116 cm³/mol. The molecule has 1 aliphatic rings. The van der Waals surface area contributed by atoms with Crippen LogP contribution in [0.1, 0.15) is 18.4 Å². The normalized spacial score (nSPS) is 15.3. The van der Waals surface area contributed by atoms with Gasteiger partial charge in [-0.3, -0.25) is 9.79 Å². The summed E-state index contributed by atoms with van der Waals surface area (Å²) in [6.45, 7) is 3.22. The van der Waals surface area contributed by atoms with Gasteiger partial charge in [0.25, 0.3) is 0 Å². The Morgan fingerprint density at radius 1 is 1.23 bits per heavy atom. The maximum atomic E-state index is 12.4. The van der Waals surface area contributed by atoms with Crippen LogP contribution in [0.4, 0.5) is 0 Å². The fraction of sp³-hybridized carbons (Fsp3) is 0.579. The molecule has 0 spiro atoms. The number of nitrogens with zero attached hydrogens (tertiary/aromatic N) is 2. The number of rotatable bonds is 7. The van der Waals surface area contributed by atoms with Crippen molar-refractivity contribution in [3.63, 3.8) is 0 Å². The topological polar surface area (TPSA) is 66.0 Å². The number of piperidine rings is 1. The first-order valence-electron chi connectivity index (χ1n) is 8.98. The summed E-state index contributed by atoms with van der Waals surface area (Å²) >= 11 is 0. The van der Waals surface area contributed by atoms with Gasteiger partial charge in [-0.1, -0.05) is 30.3 Å². The third kappa shape index (κ3) is 7.90. The van der Waals surface area contributed by atoms with Crippen molar-refractivity contribution in [3.05, 3.63) is 35.9 Å². The molecule has 1 amide bonds. The van der Waals surface area contributed by atoms with Crippen LogP contribution in [-0.2, 0) is 16.0 Å². The summed E-state index contributed by atoms with van der Waals surface area (Å²) in [5.41, 5.74) is 1.39. The van der Waals surface area contributed by atoms with E-state index in [-0.39, 0.29) is 36.4 Å². The lowest BCUT2D eigenvalue weighted by atomic mass is 9.90. The van der Waals surface area contributed by atoms with E-state index in [2.05, 4.69) is 46.0 Å². The van der Waals surface area contributed by atoms with Crippen molar-refractivity contribution in [2.75, 3.05) is 46.9 Å². The molecule has 6 nitrogen and oxygen atoms in total. The average molecular weight is 474 g/mol. The second-order valence-electron chi connectivity index (χ2n) is 6.36. The molecule has 2 N–H and O–H groups in total. The van der Waals surface area contributed by atoms with E-state index < -0.39 is 0 Å². The summed E-state index contributed by atoms with van der Waals surface area (Å²) in [4.78, 5) is 18.4. The van der Waals surface area contributed by atoms with Crippen LogP contribution in [0.2, 0.25) is 0 Å². The number of aliphatic imine (C=N–C) groups is 1. The molecule has 1 aromatic carbocycles. The number of likely N-dealkylation sites (tertiary alicyclic amines) is 1. The number of guanidine groups is 1. The molecule has 1 aliphatic heterocycles. The fourth-order valence-electron chi connectivity index (χ4n) is 3.10. The first-order chi connectivity index (χ1) is 12.2. The van der Waals surface area contributed by atoms with Crippen LogP contribution in [0.3, 0.4) is 0 Å². The van der Waals surface area contributed by atoms with E-state index in [0.29, 0.717) is 25.0 Å². The predicted octanol–water partition coefficient (Wildman–Crippen LogP) is 1.90. The molecule has 1 aromatic rings. The number of ether oxygens (including phenoxy) is 1. The zero-order chi connectivity index (χ0) is 17.9. The number of amides is 1. The van der Waals surface area contributed by atoms with Crippen LogP contribution in [0.25, 0.3) is 0 Å². The summed E-state index contributed by atoms with van der Waals surface area (Å²) in [6, 6.07) is 10.6. The Hall–Kier alpha value is -1.35. The Bertz CT molecular complexity index is 546. The molecule has 2 rings (SSSR count). The van der Waals surface area contributed by atoms with Crippen LogP contribution in [-0.4, -0.2) is 63.7 Å². The van der Waals surface area contributed by atoms with Crippen LogP contribution >= 0.6 is 24.0 Å². The van der Waals surface area contributed by atoms with E-state index in [1.165, 1.54) is 5.56 Å². The average Bonchev–Trinajstić information content (AvgIpc) is 2.66. The molecule has 0 bridgehead atoms. The number of hydrogen-bond donors (Lipinski definition) is 2. The minimum atomic E-state index is 0. The fourth-order valence-corrected chi connectivity index (χ4v) is 3.10. The molecule has 1 fully saturated rings. The van der Waals surface area contributed by atoms with Gasteiger partial charge in [-0.15, -0.1) is 24.0 Å². The van der Waals surface area contributed by atoms with E-state index in [1.807, 2.05) is 4.90 Å². The number of hydrogen-bond acceptors (Lipinski definition) is 3. The van der Waals surface area contributed by atoms with Crippen LogP contribution < -0.4 is 10.6 Å². The molecule has 1 heterocycles. The summed E-state index contributed by atoms with van der Waals surface area (Å²) in [5.74, 6) is 1.43. The second-order valence-corrected chi connectivity index (χ2v) is 6.36. The number of methoxy groups -OCH3 is 1. The Labute approximate surface area is 173 Å². The molecule has 26 heavy (non-hydrogen) atoms. The van der Waals surface area contributed by atoms with Gasteiger partial charge >= 0.3 is 0 Å². The lowest BCUT2D eigenvalue weighted by molar-refractivity contribution is -0.131. The quantitative estimate of drug-likeness (QED) is 0.274. The Kier molecular flexibility index (Phi) is 11.3. The highest BCUT2D eigenvalue weighted by Crippen LogP contribution is 2.21. The van der Waals surface area contributed by atoms with Crippen molar-refractivity contribution >= 4 is 35.8 Å². The second kappa shape index (κ2) is 12.9. The van der Waals surface area contributed by atoms with Crippen LogP contribution in [0.15, 0.2) is 35.3 Å². The minimum absolute atomic E-state index is 0. The molecule has 0 atom stereocenters. The largest absolute Gasteiger partial charge is 0.383 e. The van der Waals surface area contributed by atoms with Gasteiger partial charge in [-0.05, 0) is 30.7 Å². The van der Waals surface area contributed by atoms with Gasteiger partial charge in [-0.2, -0.15) is 0 Å². The highest BCUT2D eigenvalue weighted by atomic mass is 127. The minimum Gasteiger partial charge on any atom is -0.383 e. The van der Waals surface area contributed by atoms with Crippen molar-refractivity contribution in [1.82, 2.24) is 15.5 Å². The van der Waals surface area contributed by atoms with E-state index in [0.717, 1.165) is 32.4 Å². The summed E-state index contributed by atoms with van der Waals surface area (Å²) in [5, 5.41) is 6.17. The van der Waals surface area contributed by atoms with Crippen molar-refractivity contribution in [2.45, 2.75) is 19.3 Å². The highest BCUT2D eigenvalue weighted by Gasteiger charge is 2.22. The van der Waals surface area contributed by atoms with E-state index in [9.17, 15) is 4.79 Å². The van der Waals surface area contributed by atoms with Crippen molar-refractivity contribution in [3.8, 4) is 0 Å². The van der Waals surface area contributed by atoms with E-state index in [4.69, 9.17) is 4.74 Å². The van der Waals surface area contributed by atoms with Crippen molar-refractivity contribution in [2.24, 2.45) is 10.9 Å². The molecular formula is C19H31IN4O2. The standard InChI is InChI=1S/C19H30N4O2.HI/c1-20-19(21-10-13-25-2)22-15-18(24)23-11-8-17(9-12-23)14-16-6-4-3-5-7-16;/h3-7,17H,8-15H2,1-2H3,(H2,20,21,22);1H. The van der Waals surface area contributed by atoms with Crippen LogP contribution in [0.5, 0.6) is 0 Å². The molecule has 0 aliphatic carbocycles. The lowest BCUT2D eigenvalue weighted by Crippen LogP contribution is -2.47. The third-order valence-corrected chi connectivity index (χ3v) is 4.56. The molecular weight excluding hydrogens is 443 g/mol. The Morgan fingerprint density at radius 2 is 1.92 bits per heavy atom. The van der Waals surface area contributed by atoms with Crippen molar-refractivity contribution in [1.29, 1.82) is 0 Å². The molecule has 0 unspecified atom stereocenters. The smallest absolute Gasteiger partial charge is 0.241 e. The Morgan fingerprint density at radius 3 is 2.54 bits per heavy atom. The van der Waals surface area contributed by atoms with Gasteiger partial charge in [0.15, 0.2) is 5.96 Å². The van der Waals surface area contributed by atoms with E-state index >= 15 is 0 Å². The van der Waals surface area contributed by atoms with Crippen LogP contribution in [0, 0.1) is 5.92 Å². The molecule has 0 radical (unpaired) electrons. The zero-order valence-corrected chi connectivity index (χ0v) is 18.1. The SMILES string of the molecule is CN=C(NCCOC)NCC(=O)N1CCC(Cc2ccccc2)CC1.I. The number of nitrogens with one attached hydrogen (secondary N) is 2. The summed E-state index contributed by atoms with van der Waals surface area (Å²) in [6.07, 6.45) is 3.25. The Balaban J connectivity index is 0.00000338. The van der Waals surface area contributed by atoms with Gasteiger partial charge in [0.1, 0.15) is 0 Å². The summed E-state index contributed by atoms with van der Waals surface area (Å²) < 4.78 is 4.99. The van der Waals surface area contributed by atoms with Gasteiger partial charge in [0.05, 0.1) is 13.2 Å². The summed E-state index contributed by atoms with van der Waals surface area (Å²) in [7, 11) is 3.35. The number of carbonyl (C=O) groups excluding carboxylic acids is 1. The monoisotopic (exact) mass is 474 g/mol. The maximum Gasteiger partial charge on any atom is 0.241 e. The molecule has 0 saturated carbocycles. The van der Waals surface area contributed by atoms with Gasteiger partial charge in [0.2, 0.25) is 5.91 Å². The molecule has 7 heteroatoms. The first-order valence-corrected chi connectivity index (χ1v) is 8.98. The molecule has 146 valence electrons. The molecule has 1 saturated heterocycles. The zero-order valence-electron chi connectivity index (χ0n) is 15.7. The number of benzene rings is 1. The number of carbonyl (C=O) groups is 1. The van der Waals surface area contributed by atoms with Gasteiger partial charge in [0, 0.05) is 33.8 Å². The lowest BCUT2D eigenvalue weighted by Gasteiger charge is -2.32. The first kappa shape index (κ1) is 22.7. The molecule has 0 aromatic heterocycles. The van der Waals surface area contributed by atoms with Gasteiger partial charge < -0.3 is 20.3 Å².